The van der Waals surface area contributed by atoms with Crippen molar-refractivity contribution in [2.24, 2.45) is 0 Å². The first-order chi connectivity index (χ1) is 7.92. The summed E-state index contributed by atoms with van der Waals surface area (Å²) in [5.41, 5.74) is 5.89. The smallest absolute Gasteiger partial charge is 0.337 e. The van der Waals surface area contributed by atoms with Crippen LogP contribution in [0, 0.1) is 0 Å². The van der Waals surface area contributed by atoms with Gasteiger partial charge in [0.2, 0.25) is 10.0 Å². The van der Waals surface area contributed by atoms with Crippen LogP contribution in [0.2, 0.25) is 0 Å². The van der Waals surface area contributed by atoms with Crippen LogP contribution in [0.5, 0.6) is 0 Å². The first-order valence-electron chi connectivity index (χ1n) is 5.05. The summed E-state index contributed by atoms with van der Waals surface area (Å²) in [5, 5.41) is 9.04. The van der Waals surface area contributed by atoms with Crippen molar-refractivity contribution in [2.75, 3.05) is 22.3 Å². The first-order valence-corrected chi connectivity index (χ1v) is 6.66. The molecule has 92 valence electrons. The topological polar surface area (TPSA) is 101 Å². The fraction of sp³-hybridized carbons (Fsp3) is 0.300. The molecule has 0 atom stereocenters. The lowest BCUT2D eigenvalue weighted by atomic mass is 10.1. The lowest BCUT2D eigenvalue weighted by Gasteiger charge is -2.19. The molecular formula is C10H12N2O4S. The molecule has 0 unspecified atom stereocenters. The molecule has 0 amide bonds. The highest BCUT2D eigenvalue weighted by Gasteiger charge is 2.31. The van der Waals surface area contributed by atoms with Crippen LogP contribution in [-0.4, -0.2) is 31.8 Å². The minimum absolute atomic E-state index is 0.0520. The number of nitrogens with zero attached hydrogens (tertiary/aromatic N) is 1. The van der Waals surface area contributed by atoms with Crippen molar-refractivity contribution < 1.29 is 18.3 Å². The summed E-state index contributed by atoms with van der Waals surface area (Å²) in [5.74, 6) is -1.13. The van der Waals surface area contributed by atoms with Crippen LogP contribution < -0.4 is 10.0 Å². The summed E-state index contributed by atoms with van der Waals surface area (Å²) in [6.07, 6.45) is 0.506. The summed E-state index contributed by atoms with van der Waals surface area (Å²) in [7, 11) is -3.38. The fourth-order valence-electron chi connectivity index (χ4n) is 1.85. The molecule has 0 aromatic heterocycles. The molecule has 1 aromatic carbocycles. The lowest BCUT2D eigenvalue weighted by Crippen LogP contribution is -2.27. The Kier molecular flexibility index (Phi) is 2.70. The van der Waals surface area contributed by atoms with Crippen molar-refractivity contribution in [3.8, 4) is 0 Å². The summed E-state index contributed by atoms with van der Waals surface area (Å²) in [6.45, 7) is 0.312. The zero-order chi connectivity index (χ0) is 12.6. The van der Waals surface area contributed by atoms with Gasteiger partial charge in [-0.2, -0.15) is 0 Å². The predicted octanol–water partition coefficient (Wildman–Crippen LogP) is 0.507. The number of aromatic carboxylic acids is 1. The van der Waals surface area contributed by atoms with Crippen LogP contribution in [-0.2, 0) is 10.0 Å². The van der Waals surface area contributed by atoms with Gasteiger partial charge in [-0.1, -0.05) is 0 Å². The van der Waals surface area contributed by atoms with Gasteiger partial charge in [0.15, 0.2) is 0 Å². The Hall–Kier alpha value is -1.76. The number of carboxylic acids is 1. The zero-order valence-electron chi connectivity index (χ0n) is 8.96. The van der Waals surface area contributed by atoms with E-state index in [9.17, 15) is 13.2 Å². The standard InChI is InChI=1S/C10H12N2O4S/c11-7-2-3-9(8(6-7)10(13)14)12-4-1-5-17(12,15)16/h2-3,6H,1,4-5,11H2,(H,13,14). The van der Waals surface area contributed by atoms with E-state index in [4.69, 9.17) is 10.8 Å². The third-order valence-corrected chi connectivity index (χ3v) is 4.47. The molecule has 1 saturated heterocycles. The monoisotopic (exact) mass is 256 g/mol. The van der Waals surface area contributed by atoms with Gasteiger partial charge in [0, 0.05) is 12.2 Å². The number of nitrogens with two attached hydrogens (primary N) is 1. The molecule has 1 aliphatic heterocycles. The van der Waals surface area contributed by atoms with Crippen LogP contribution in [0.25, 0.3) is 0 Å². The molecular weight excluding hydrogens is 244 g/mol. The number of hydrogen-bond donors (Lipinski definition) is 2. The van der Waals surface area contributed by atoms with Gasteiger partial charge < -0.3 is 10.8 Å². The SMILES string of the molecule is Nc1ccc(N2CCCS2(=O)=O)c(C(=O)O)c1. The molecule has 0 saturated carbocycles. The molecule has 1 heterocycles. The van der Waals surface area contributed by atoms with Crippen LogP contribution in [0.1, 0.15) is 16.8 Å². The second-order valence-electron chi connectivity index (χ2n) is 3.82. The molecule has 3 N–H and O–H groups in total. The summed E-state index contributed by atoms with van der Waals surface area (Å²) < 4.78 is 24.6. The maximum absolute atomic E-state index is 11.7. The Balaban J connectivity index is 2.56. The van der Waals surface area contributed by atoms with Crippen molar-refractivity contribution in [3.63, 3.8) is 0 Å². The van der Waals surface area contributed by atoms with Crippen molar-refractivity contribution in [2.45, 2.75) is 6.42 Å². The largest absolute Gasteiger partial charge is 0.478 e. The Labute approximate surface area is 98.7 Å². The van der Waals surface area contributed by atoms with Gasteiger partial charge in [-0.15, -0.1) is 0 Å². The number of sulfonamides is 1. The van der Waals surface area contributed by atoms with Gasteiger partial charge in [-0.05, 0) is 24.6 Å². The van der Waals surface area contributed by atoms with Crippen LogP contribution in [0.4, 0.5) is 11.4 Å². The molecule has 0 bridgehead atoms. The second-order valence-corrected chi connectivity index (χ2v) is 5.84. The van der Waals surface area contributed by atoms with E-state index in [-0.39, 0.29) is 17.0 Å². The van der Waals surface area contributed by atoms with Gasteiger partial charge in [0.25, 0.3) is 0 Å². The van der Waals surface area contributed by atoms with Gasteiger partial charge >= 0.3 is 5.97 Å². The van der Waals surface area contributed by atoms with Crippen LogP contribution in [0.15, 0.2) is 18.2 Å². The third kappa shape index (κ3) is 2.05. The molecule has 0 aliphatic carbocycles. The number of carboxylic acid groups (broad SMARTS) is 1. The van der Waals surface area contributed by atoms with E-state index < -0.39 is 16.0 Å². The Morgan fingerprint density at radius 3 is 2.65 bits per heavy atom. The minimum Gasteiger partial charge on any atom is -0.478 e. The van der Waals surface area contributed by atoms with Crippen LogP contribution >= 0.6 is 0 Å². The molecule has 1 aliphatic rings. The van der Waals surface area contributed by atoms with Gasteiger partial charge in [-0.25, -0.2) is 13.2 Å². The maximum atomic E-state index is 11.7. The van der Waals surface area contributed by atoms with Gasteiger partial charge in [-0.3, -0.25) is 4.31 Å². The van der Waals surface area contributed by atoms with E-state index in [1.54, 1.807) is 0 Å². The fourth-order valence-corrected chi connectivity index (χ4v) is 3.43. The Morgan fingerprint density at radius 2 is 2.12 bits per heavy atom. The highest BCUT2D eigenvalue weighted by atomic mass is 32.2. The Morgan fingerprint density at radius 1 is 1.41 bits per heavy atom. The molecule has 0 spiro atoms. The first kappa shape index (κ1) is 11.7. The van der Waals surface area contributed by atoms with E-state index >= 15 is 0 Å². The van der Waals surface area contributed by atoms with E-state index in [1.165, 1.54) is 18.2 Å². The second kappa shape index (κ2) is 3.92. The minimum atomic E-state index is -3.38. The lowest BCUT2D eigenvalue weighted by molar-refractivity contribution is 0.0698. The molecule has 6 nitrogen and oxygen atoms in total. The number of carbonyl (C=O) groups is 1. The molecule has 1 aromatic rings. The molecule has 7 heteroatoms. The molecule has 17 heavy (non-hydrogen) atoms. The molecule has 2 rings (SSSR count). The highest BCUT2D eigenvalue weighted by molar-refractivity contribution is 7.93. The normalized spacial score (nSPS) is 18.2. The highest BCUT2D eigenvalue weighted by Crippen LogP contribution is 2.29. The average Bonchev–Trinajstić information content (AvgIpc) is 2.58. The Bertz CT molecular complexity index is 568. The summed E-state index contributed by atoms with van der Waals surface area (Å²) >= 11 is 0. The predicted molar refractivity (Wildman–Crippen MR) is 63.6 cm³/mol. The third-order valence-electron chi connectivity index (χ3n) is 2.62. The van der Waals surface area contributed by atoms with E-state index in [0.717, 1.165) is 4.31 Å². The number of hydrogen-bond acceptors (Lipinski definition) is 4. The molecule has 0 radical (unpaired) electrons. The van der Waals surface area contributed by atoms with Crippen molar-refractivity contribution in [1.29, 1.82) is 0 Å². The number of benzene rings is 1. The summed E-state index contributed by atoms with van der Waals surface area (Å²) in [6, 6.07) is 4.20. The van der Waals surface area contributed by atoms with Gasteiger partial charge in [0.1, 0.15) is 0 Å². The van der Waals surface area contributed by atoms with Crippen LogP contribution in [0.3, 0.4) is 0 Å². The number of rotatable bonds is 2. The van der Waals surface area contributed by atoms with Crippen molar-refractivity contribution in [1.82, 2.24) is 0 Å². The number of nitrogen functional groups attached to an aromatic ring is 1. The van der Waals surface area contributed by atoms with Gasteiger partial charge in [0.05, 0.1) is 17.0 Å². The van der Waals surface area contributed by atoms with E-state index in [0.29, 0.717) is 18.7 Å². The van der Waals surface area contributed by atoms with Crippen molar-refractivity contribution >= 4 is 27.4 Å². The number of anilines is 2. The molecule has 1 fully saturated rings. The quantitative estimate of drug-likeness (QED) is 0.751. The summed E-state index contributed by atoms with van der Waals surface area (Å²) in [4.78, 5) is 11.1. The van der Waals surface area contributed by atoms with E-state index in [2.05, 4.69) is 0 Å². The van der Waals surface area contributed by atoms with Crippen molar-refractivity contribution in [3.05, 3.63) is 23.8 Å². The average molecular weight is 256 g/mol. The zero-order valence-corrected chi connectivity index (χ0v) is 9.77. The maximum Gasteiger partial charge on any atom is 0.337 e. The van der Waals surface area contributed by atoms with E-state index in [1.807, 2.05) is 0 Å².